The Labute approximate surface area is 314 Å². The summed E-state index contributed by atoms with van der Waals surface area (Å²) in [6.45, 7) is 13.7. The third-order valence-corrected chi connectivity index (χ3v) is 8.37. The van der Waals surface area contributed by atoms with Crippen molar-refractivity contribution in [2.75, 3.05) is 22.1 Å². The first-order chi connectivity index (χ1) is 24.3. The van der Waals surface area contributed by atoms with Gasteiger partial charge in [-0.1, -0.05) is 77.6 Å². The number of amides is 2. The molecule has 0 aliphatic heterocycles. The van der Waals surface area contributed by atoms with Gasteiger partial charge in [0.15, 0.2) is 5.95 Å². The van der Waals surface area contributed by atoms with E-state index in [1.807, 2.05) is 55.5 Å². The summed E-state index contributed by atoms with van der Waals surface area (Å²) in [5.74, 6) is 0.604. The van der Waals surface area contributed by atoms with Crippen LogP contribution in [0.4, 0.5) is 28.1 Å². The van der Waals surface area contributed by atoms with Gasteiger partial charge in [-0.05, 0) is 70.7 Å². The molecule has 2 unspecified atom stereocenters. The van der Waals surface area contributed by atoms with Crippen molar-refractivity contribution >= 4 is 53.6 Å². The minimum Gasteiger partial charge on any atom is -0.443 e. The monoisotopic (exact) mass is 736 g/mol. The molecule has 4 rings (SSSR count). The van der Waals surface area contributed by atoms with Crippen molar-refractivity contribution in [2.45, 2.75) is 105 Å². The summed E-state index contributed by atoms with van der Waals surface area (Å²) in [7, 11) is 0. The zero-order valence-electron chi connectivity index (χ0n) is 31.6. The van der Waals surface area contributed by atoms with Gasteiger partial charge in [-0.3, -0.25) is 9.59 Å². The van der Waals surface area contributed by atoms with Gasteiger partial charge < -0.3 is 31.8 Å². The maximum absolute atomic E-state index is 12.6. The summed E-state index contributed by atoms with van der Waals surface area (Å²) in [4.78, 5) is 48.6. The van der Waals surface area contributed by atoms with Crippen LogP contribution >= 0.6 is 12.4 Å². The third-order valence-electron chi connectivity index (χ3n) is 8.37. The van der Waals surface area contributed by atoms with Gasteiger partial charge in [0.2, 0.25) is 17.8 Å². The van der Waals surface area contributed by atoms with Gasteiger partial charge >= 0.3 is 6.09 Å². The molecule has 284 valence electrons. The quantitative estimate of drug-likeness (QED) is 0.0848. The number of nitrogens with one attached hydrogen (secondary N) is 3. The Morgan fingerprint density at radius 2 is 1.33 bits per heavy atom. The molecule has 2 amide bonds. The second-order valence-electron chi connectivity index (χ2n) is 13.6. The number of aromatic nitrogens is 4. The summed E-state index contributed by atoms with van der Waals surface area (Å²) in [5.41, 5.74) is 15.3. The van der Waals surface area contributed by atoms with Crippen LogP contribution in [0.15, 0.2) is 60.9 Å². The SMILES string of the molecule is CCCCC(CC)C(=O)Nc1cccc(-c2cnc(N)[nH]2)c1.CCCCC(CC)C(=O)Nc1cccc(-c2cnc(N)n2C(=O)OC(C)(C)C)c1.Cl. The molecule has 2 aromatic heterocycles. The van der Waals surface area contributed by atoms with Crippen LogP contribution < -0.4 is 22.1 Å². The van der Waals surface area contributed by atoms with Crippen molar-refractivity contribution in [3.8, 4) is 22.5 Å². The van der Waals surface area contributed by atoms with Gasteiger partial charge in [-0.15, -0.1) is 12.4 Å². The van der Waals surface area contributed by atoms with Gasteiger partial charge in [0.05, 0.1) is 23.8 Å². The van der Waals surface area contributed by atoms with E-state index in [-0.39, 0.29) is 42.0 Å². The van der Waals surface area contributed by atoms with Crippen LogP contribution in [0.5, 0.6) is 0 Å². The summed E-state index contributed by atoms with van der Waals surface area (Å²) >= 11 is 0. The number of unbranched alkanes of at least 4 members (excludes halogenated alkanes) is 2. The minimum absolute atomic E-state index is 0. The van der Waals surface area contributed by atoms with E-state index in [0.29, 0.717) is 22.9 Å². The molecule has 0 saturated carbocycles. The number of anilines is 4. The highest BCUT2D eigenvalue weighted by molar-refractivity contribution is 5.94. The first-order valence-corrected chi connectivity index (χ1v) is 18.0. The van der Waals surface area contributed by atoms with Crippen LogP contribution in [0.2, 0.25) is 0 Å². The molecular formula is C39H57ClN8O4. The molecule has 0 aliphatic carbocycles. The fourth-order valence-electron chi connectivity index (χ4n) is 5.50. The lowest BCUT2D eigenvalue weighted by Crippen LogP contribution is -2.28. The molecule has 0 spiro atoms. The highest BCUT2D eigenvalue weighted by Gasteiger charge is 2.23. The number of aromatic amines is 1. The molecule has 12 nitrogen and oxygen atoms in total. The van der Waals surface area contributed by atoms with E-state index in [1.54, 1.807) is 27.0 Å². The topological polar surface area (TPSA) is 183 Å². The number of nitrogens with two attached hydrogens (primary N) is 2. The molecule has 0 saturated heterocycles. The van der Waals surface area contributed by atoms with Crippen molar-refractivity contribution in [1.29, 1.82) is 0 Å². The Kier molecular flexibility index (Phi) is 17.4. The number of rotatable bonds is 14. The molecule has 7 N–H and O–H groups in total. The van der Waals surface area contributed by atoms with E-state index < -0.39 is 11.7 Å². The molecule has 52 heavy (non-hydrogen) atoms. The maximum atomic E-state index is 12.6. The number of H-pyrrole nitrogens is 1. The molecule has 0 aliphatic rings. The molecule has 0 radical (unpaired) electrons. The lowest BCUT2D eigenvalue weighted by molar-refractivity contribution is -0.121. The predicted octanol–water partition coefficient (Wildman–Crippen LogP) is 9.31. The van der Waals surface area contributed by atoms with Gasteiger partial charge in [-0.2, -0.15) is 0 Å². The Morgan fingerprint density at radius 3 is 1.79 bits per heavy atom. The van der Waals surface area contributed by atoms with E-state index in [9.17, 15) is 14.4 Å². The lowest BCUT2D eigenvalue weighted by Gasteiger charge is -2.20. The third kappa shape index (κ3) is 13.0. The van der Waals surface area contributed by atoms with Crippen LogP contribution in [0.25, 0.3) is 22.5 Å². The number of ether oxygens (including phenoxy) is 1. The van der Waals surface area contributed by atoms with E-state index in [1.165, 1.54) is 10.8 Å². The lowest BCUT2D eigenvalue weighted by atomic mass is 9.98. The van der Waals surface area contributed by atoms with Crippen LogP contribution in [0.3, 0.4) is 0 Å². The normalized spacial score (nSPS) is 12.1. The standard InChI is InChI=1S/C22H32N4O3.C17H24N4O.ClH/c1-6-8-10-15(7-2)19(27)25-17-12-9-11-16(13-17)18-14-24-20(23)26(18)21(28)29-22(3,4)5;1-3-5-7-12(4-2)16(22)20-14-9-6-8-13(10-14)15-11-19-17(18)21-15;/h9,11-15H,6-8,10H2,1-5H3,(H2,23,24)(H,25,27);6,8-12H,3-5,7H2,1-2H3,(H,20,22)(H3,18,19,21);1H. The Bertz CT molecular complexity index is 1730. The molecule has 4 aromatic rings. The number of imidazole rings is 2. The second-order valence-corrected chi connectivity index (χ2v) is 13.6. The Morgan fingerprint density at radius 1 is 0.808 bits per heavy atom. The Balaban J connectivity index is 0.000000366. The van der Waals surface area contributed by atoms with Crippen molar-refractivity contribution in [3.05, 3.63) is 60.9 Å². The van der Waals surface area contributed by atoms with Crippen molar-refractivity contribution in [1.82, 2.24) is 19.5 Å². The van der Waals surface area contributed by atoms with E-state index in [2.05, 4.69) is 46.4 Å². The average molecular weight is 737 g/mol. The maximum Gasteiger partial charge on any atom is 0.421 e. The summed E-state index contributed by atoms with van der Waals surface area (Å²) in [6.07, 6.45) is 10.4. The first kappa shape index (κ1) is 43.3. The Hall–Kier alpha value is -4.84. The zero-order chi connectivity index (χ0) is 37.6. The molecule has 2 aromatic carbocycles. The number of hydrogen-bond donors (Lipinski definition) is 5. The van der Waals surface area contributed by atoms with Crippen molar-refractivity contribution < 1.29 is 19.1 Å². The van der Waals surface area contributed by atoms with E-state index in [0.717, 1.165) is 68.3 Å². The summed E-state index contributed by atoms with van der Waals surface area (Å²) in [5, 5.41) is 6.00. The molecule has 13 heteroatoms. The zero-order valence-corrected chi connectivity index (χ0v) is 32.4. The fraction of sp³-hybridized carbons (Fsp3) is 0.462. The van der Waals surface area contributed by atoms with Gasteiger partial charge in [-0.25, -0.2) is 19.3 Å². The molecular weight excluding hydrogens is 680 g/mol. The largest absolute Gasteiger partial charge is 0.443 e. The highest BCUT2D eigenvalue weighted by atomic mass is 35.5. The number of benzene rings is 2. The van der Waals surface area contributed by atoms with E-state index >= 15 is 0 Å². The van der Waals surface area contributed by atoms with Crippen LogP contribution in [-0.2, 0) is 14.3 Å². The number of nitrogens with zero attached hydrogens (tertiary/aromatic N) is 3. The number of carbonyl (C=O) groups excluding carboxylic acids is 3. The predicted molar refractivity (Wildman–Crippen MR) is 213 cm³/mol. The van der Waals surface area contributed by atoms with Crippen molar-refractivity contribution in [2.24, 2.45) is 11.8 Å². The summed E-state index contributed by atoms with van der Waals surface area (Å²) in [6, 6.07) is 15.0. The van der Waals surface area contributed by atoms with Crippen LogP contribution in [0, 0.1) is 11.8 Å². The molecule has 2 heterocycles. The van der Waals surface area contributed by atoms with E-state index in [4.69, 9.17) is 16.2 Å². The van der Waals surface area contributed by atoms with Crippen molar-refractivity contribution in [3.63, 3.8) is 0 Å². The molecule has 0 fully saturated rings. The first-order valence-electron chi connectivity index (χ1n) is 18.0. The smallest absolute Gasteiger partial charge is 0.421 e. The second kappa shape index (κ2) is 20.9. The number of nitrogen functional groups attached to an aromatic ring is 2. The average Bonchev–Trinajstić information content (AvgIpc) is 3.70. The van der Waals surface area contributed by atoms with Crippen LogP contribution in [0.1, 0.15) is 99.8 Å². The minimum atomic E-state index is -0.658. The van der Waals surface area contributed by atoms with Crippen LogP contribution in [-0.4, -0.2) is 43.0 Å². The van der Waals surface area contributed by atoms with Gasteiger partial charge in [0.25, 0.3) is 0 Å². The van der Waals surface area contributed by atoms with Gasteiger partial charge in [0, 0.05) is 34.3 Å². The molecule has 2 atom stereocenters. The number of carbonyl (C=O) groups is 3. The molecule has 0 bridgehead atoms. The van der Waals surface area contributed by atoms with Gasteiger partial charge in [0.1, 0.15) is 5.60 Å². The summed E-state index contributed by atoms with van der Waals surface area (Å²) < 4.78 is 6.68. The number of hydrogen-bond acceptors (Lipinski definition) is 8. The fourth-order valence-corrected chi connectivity index (χ4v) is 5.50. The highest BCUT2D eigenvalue weighted by Crippen LogP contribution is 2.27. The number of halogens is 1.